The number of benzene rings is 13. The van der Waals surface area contributed by atoms with Gasteiger partial charge in [0, 0.05) is 79.3 Å². The lowest BCUT2D eigenvalue weighted by Gasteiger charge is -2.15. The number of fused-ring (bicyclic) bond motifs is 11. The minimum absolute atomic E-state index is 0.923. The fourth-order valence-corrected chi connectivity index (χ4v) is 14.3. The lowest BCUT2D eigenvalue weighted by molar-refractivity contribution is 1.17. The summed E-state index contributed by atoms with van der Waals surface area (Å²) in [6, 6.07) is 97.8. The van der Waals surface area contributed by atoms with Crippen molar-refractivity contribution < 1.29 is 0 Å². The molecule has 446 valence electrons. The summed E-state index contributed by atoms with van der Waals surface area (Å²) >= 11 is 0. The van der Waals surface area contributed by atoms with Crippen LogP contribution in [0.2, 0.25) is 0 Å². The Bertz CT molecular complexity index is 5650. The number of aromatic nitrogens is 10. The molecule has 13 aromatic carbocycles. The van der Waals surface area contributed by atoms with Gasteiger partial charge in [0.05, 0.1) is 44.1 Å². The van der Waals surface area contributed by atoms with Crippen molar-refractivity contribution in [1.82, 2.24) is 49.0 Å². The van der Waals surface area contributed by atoms with Crippen molar-refractivity contribution >= 4 is 87.2 Å². The second kappa shape index (κ2) is 22.3. The van der Waals surface area contributed by atoms with Crippen LogP contribution in [0.25, 0.3) is 188 Å². The van der Waals surface area contributed by atoms with Crippen molar-refractivity contribution in [2.75, 3.05) is 0 Å². The third kappa shape index (κ3) is 9.42. The van der Waals surface area contributed by atoms with E-state index >= 15 is 0 Å². The van der Waals surface area contributed by atoms with E-state index in [2.05, 4.69) is 316 Å². The molecule has 0 radical (unpaired) electrons. The summed E-state index contributed by atoms with van der Waals surface area (Å²) in [5, 5.41) is 8.78. The quantitative estimate of drug-likeness (QED) is 0.133. The largest absolute Gasteiger partial charge is 0.309 e. The Labute approximate surface area is 550 Å². The maximum atomic E-state index is 4.47. The van der Waals surface area contributed by atoms with E-state index in [9.17, 15) is 0 Å². The summed E-state index contributed by atoms with van der Waals surface area (Å²) in [4.78, 5) is 35.1. The minimum Gasteiger partial charge on any atom is -0.309 e. The number of para-hydroxylation sites is 2. The Morgan fingerprint density at radius 3 is 0.729 bits per heavy atom. The maximum absolute atomic E-state index is 4.47. The van der Waals surface area contributed by atoms with Gasteiger partial charge in [-0.2, -0.15) is 0 Å². The molecule has 0 amide bonds. The fraction of sp³-hybridized carbons (Fsp3) is 0. The first kappa shape index (κ1) is 54.5. The van der Waals surface area contributed by atoms with Gasteiger partial charge in [-0.05, 0) is 198 Å². The van der Waals surface area contributed by atoms with Gasteiger partial charge in [-0.3, -0.25) is 0 Å². The summed E-state index contributed by atoms with van der Waals surface area (Å²) in [7, 11) is 0. The van der Waals surface area contributed by atoms with Crippen LogP contribution in [0.3, 0.4) is 0 Å². The molecular formula is C86H52N10. The normalized spacial score (nSPS) is 11.8. The highest BCUT2D eigenvalue weighted by Gasteiger charge is 2.23. The van der Waals surface area contributed by atoms with Crippen LogP contribution < -0.4 is 0 Å². The zero-order valence-electron chi connectivity index (χ0n) is 51.5. The van der Waals surface area contributed by atoms with Crippen molar-refractivity contribution in [2.45, 2.75) is 0 Å². The first-order valence-corrected chi connectivity index (χ1v) is 32.0. The topological polar surface area (TPSA) is 113 Å². The monoisotopic (exact) mass is 1220 g/mol. The van der Waals surface area contributed by atoms with Crippen LogP contribution >= 0.6 is 0 Å². The van der Waals surface area contributed by atoms with Crippen molar-refractivity contribution in [3.63, 3.8) is 0 Å². The fourth-order valence-electron chi connectivity index (χ4n) is 14.3. The van der Waals surface area contributed by atoms with Gasteiger partial charge in [-0.25, -0.2) is 39.9 Å². The summed E-state index contributed by atoms with van der Waals surface area (Å²) in [6.07, 6.45) is 13.9. The summed E-state index contributed by atoms with van der Waals surface area (Å²) in [5.74, 6) is 0. The van der Waals surface area contributed by atoms with Crippen molar-refractivity contribution in [2.24, 2.45) is 0 Å². The Balaban J connectivity index is 0.773. The van der Waals surface area contributed by atoms with E-state index in [0.717, 1.165) is 166 Å². The van der Waals surface area contributed by atoms with Gasteiger partial charge in [0.1, 0.15) is 25.3 Å². The van der Waals surface area contributed by atoms with Crippen molar-refractivity contribution in [3.8, 4) is 100 Å². The zero-order valence-corrected chi connectivity index (χ0v) is 51.5. The Morgan fingerprint density at radius 2 is 0.448 bits per heavy atom. The average molecular weight is 1230 g/mol. The SMILES string of the molecule is c1ccc2c(c1)c1c3c4ccccc4n(-c4cc(-c5ccc(-c6ccc7ncncc7c6)cc5)cc(-c5ccc(-c6ccc7ncncc7c6)cc5)c4)c3ccc1n2-c1cc(-c2ccc(-c3ccc4ncncc4c3)cc2)cc(-c2ccc(-c3ccc4ncncc4c3)cc2)c1. The highest BCUT2D eigenvalue weighted by atomic mass is 15.0. The predicted octanol–water partition coefficient (Wildman–Crippen LogP) is 21.0. The van der Waals surface area contributed by atoms with E-state index in [1.807, 2.05) is 24.8 Å². The Morgan fingerprint density at radius 1 is 0.198 bits per heavy atom. The summed E-state index contributed by atoms with van der Waals surface area (Å²) in [5.41, 5.74) is 28.1. The maximum Gasteiger partial charge on any atom is 0.116 e. The van der Waals surface area contributed by atoms with Crippen LogP contribution in [0.15, 0.2) is 317 Å². The van der Waals surface area contributed by atoms with Crippen molar-refractivity contribution in [3.05, 3.63) is 317 Å². The molecule has 0 aliphatic rings. The molecule has 0 N–H and O–H groups in total. The third-order valence-corrected chi connectivity index (χ3v) is 19.0. The molecule has 0 saturated carbocycles. The molecule has 6 heterocycles. The smallest absolute Gasteiger partial charge is 0.116 e. The number of hydrogen-bond donors (Lipinski definition) is 0. The van der Waals surface area contributed by atoms with E-state index in [1.54, 1.807) is 25.3 Å². The molecule has 19 aromatic rings. The van der Waals surface area contributed by atoms with Crippen molar-refractivity contribution in [1.29, 1.82) is 0 Å². The third-order valence-electron chi connectivity index (χ3n) is 19.0. The molecule has 0 spiro atoms. The summed E-state index contributed by atoms with van der Waals surface area (Å²) in [6.45, 7) is 0. The highest BCUT2D eigenvalue weighted by Crippen LogP contribution is 2.45. The predicted molar refractivity (Wildman–Crippen MR) is 391 cm³/mol. The first-order valence-electron chi connectivity index (χ1n) is 32.0. The molecule has 10 heteroatoms. The van der Waals surface area contributed by atoms with E-state index in [4.69, 9.17) is 0 Å². The second-order valence-corrected chi connectivity index (χ2v) is 24.6. The van der Waals surface area contributed by atoms with Gasteiger partial charge in [0.2, 0.25) is 0 Å². The molecule has 96 heavy (non-hydrogen) atoms. The van der Waals surface area contributed by atoms with Gasteiger partial charge in [0.25, 0.3) is 0 Å². The standard InChI is InChI=1S/C86H52N10/c1-3-7-81-75(5-1)85-83(95(81)73-41-65(57-17-9-53(10-18-57)61-25-29-77-69(35-61)45-87-49-91-77)39-66(42-73)58-19-11-54(12-20-58)62-26-30-78-70(36-62)46-88-50-92-78)33-34-84-86(85)76-6-2-4-8-82(76)96(84)74-43-67(59-21-13-55(14-22-59)63-27-31-79-71(37-63)47-89-51-93-79)40-68(44-74)60-23-15-56(16-24-60)64-28-32-80-72(38-64)48-90-52-94-80/h1-52H. The summed E-state index contributed by atoms with van der Waals surface area (Å²) < 4.78 is 4.95. The zero-order chi connectivity index (χ0) is 63.2. The number of hydrogen-bond acceptors (Lipinski definition) is 8. The van der Waals surface area contributed by atoms with Crippen LogP contribution in [-0.4, -0.2) is 49.0 Å². The van der Waals surface area contributed by atoms with Gasteiger partial charge < -0.3 is 9.13 Å². The molecule has 0 atom stereocenters. The van der Waals surface area contributed by atoms with Gasteiger partial charge in [-0.1, -0.05) is 158 Å². The Hall–Kier alpha value is -13.2. The second-order valence-electron chi connectivity index (χ2n) is 24.6. The van der Waals surface area contributed by atoms with Crippen LogP contribution in [0.4, 0.5) is 0 Å². The van der Waals surface area contributed by atoms with Gasteiger partial charge in [0.15, 0.2) is 0 Å². The molecule has 0 aliphatic carbocycles. The molecule has 6 aromatic heterocycles. The first-order chi connectivity index (χ1) is 47.5. The van der Waals surface area contributed by atoms with Crippen LogP contribution in [-0.2, 0) is 0 Å². The Kier molecular flexibility index (Phi) is 12.7. The van der Waals surface area contributed by atoms with Crippen LogP contribution in [0.5, 0.6) is 0 Å². The number of nitrogens with zero attached hydrogens (tertiary/aromatic N) is 10. The molecule has 0 fully saturated rings. The van der Waals surface area contributed by atoms with Crippen LogP contribution in [0, 0.1) is 0 Å². The number of rotatable bonds is 10. The van der Waals surface area contributed by atoms with Crippen LogP contribution in [0.1, 0.15) is 0 Å². The molecule has 19 rings (SSSR count). The van der Waals surface area contributed by atoms with Gasteiger partial charge >= 0.3 is 0 Å². The van der Waals surface area contributed by atoms with Gasteiger partial charge in [-0.15, -0.1) is 0 Å². The average Bonchev–Trinajstić information content (AvgIpc) is 1.54. The molecule has 10 nitrogen and oxygen atoms in total. The lowest BCUT2D eigenvalue weighted by Crippen LogP contribution is -1.97. The minimum atomic E-state index is 0.923. The van der Waals surface area contributed by atoms with E-state index in [-0.39, 0.29) is 0 Å². The van der Waals surface area contributed by atoms with E-state index in [1.165, 1.54) is 21.5 Å². The van der Waals surface area contributed by atoms with E-state index in [0.29, 0.717) is 0 Å². The lowest BCUT2D eigenvalue weighted by atomic mass is 9.95. The van der Waals surface area contributed by atoms with E-state index < -0.39 is 0 Å². The molecule has 0 saturated heterocycles. The molecule has 0 unspecified atom stereocenters. The molecule has 0 bridgehead atoms. The molecule has 0 aliphatic heterocycles. The highest BCUT2D eigenvalue weighted by molar-refractivity contribution is 6.29. The molecular weight excluding hydrogens is 1170 g/mol.